The van der Waals surface area contributed by atoms with E-state index in [0.717, 1.165) is 12.8 Å². The highest BCUT2D eigenvalue weighted by molar-refractivity contribution is 5.93. The smallest absolute Gasteiger partial charge is 0.0624 e. The third kappa shape index (κ3) is 1.87. The summed E-state index contributed by atoms with van der Waals surface area (Å²) in [7, 11) is 0. The number of aromatic nitrogens is 1. The lowest BCUT2D eigenvalue weighted by atomic mass is 9.83. The van der Waals surface area contributed by atoms with Gasteiger partial charge in [0.15, 0.2) is 0 Å². The summed E-state index contributed by atoms with van der Waals surface area (Å²) in [6.07, 6.45) is 15.8. The fourth-order valence-electron chi connectivity index (χ4n) is 4.81. The van der Waals surface area contributed by atoms with Gasteiger partial charge >= 0.3 is 0 Å². The summed E-state index contributed by atoms with van der Waals surface area (Å²) in [4.78, 5) is 0. The average Bonchev–Trinajstić information content (AvgIpc) is 3.29. The standard InChI is InChI=1S/C24H20N2/c1-2-7-18(8-3-1)26-15-14-17-11-13-21-22(24(17)26)20-12-10-16-6-4-5-9-19(16)23(20)25-21/h1-2,4-7,9-15,20,23,25H,3,8H2. The zero-order valence-electron chi connectivity index (χ0n) is 14.5. The summed E-state index contributed by atoms with van der Waals surface area (Å²) in [5.41, 5.74) is 8.22. The van der Waals surface area contributed by atoms with Crippen molar-refractivity contribution in [2.75, 3.05) is 5.32 Å². The molecule has 0 saturated carbocycles. The lowest BCUT2D eigenvalue weighted by Crippen LogP contribution is -2.14. The SMILES string of the molecule is C1=CCCC(n2ccc3ccc4c(c32)C2C=Cc3ccccc3C2N4)=C1. The molecule has 2 unspecified atom stereocenters. The molecule has 0 saturated heterocycles. The molecule has 6 rings (SSSR count). The molecule has 1 aromatic heterocycles. The fourth-order valence-corrected chi connectivity index (χ4v) is 4.81. The van der Waals surface area contributed by atoms with Crippen molar-refractivity contribution in [3.8, 4) is 0 Å². The monoisotopic (exact) mass is 336 g/mol. The van der Waals surface area contributed by atoms with Gasteiger partial charge in [0.2, 0.25) is 0 Å². The molecule has 26 heavy (non-hydrogen) atoms. The molecule has 2 aliphatic carbocycles. The maximum Gasteiger partial charge on any atom is 0.0624 e. The summed E-state index contributed by atoms with van der Waals surface area (Å²) in [5, 5.41) is 5.13. The Balaban J connectivity index is 1.58. The minimum atomic E-state index is 0.334. The fraction of sp³-hybridized carbons (Fsp3) is 0.167. The van der Waals surface area contributed by atoms with Gasteiger partial charge in [-0.15, -0.1) is 0 Å². The van der Waals surface area contributed by atoms with Crippen LogP contribution in [0.1, 0.15) is 41.5 Å². The molecule has 3 aromatic rings. The van der Waals surface area contributed by atoms with Crippen molar-refractivity contribution in [1.29, 1.82) is 0 Å². The first-order valence-electron chi connectivity index (χ1n) is 9.44. The normalized spacial score (nSPS) is 22.5. The van der Waals surface area contributed by atoms with E-state index in [1.807, 2.05) is 0 Å². The number of anilines is 1. The van der Waals surface area contributed by atoms with E-state index in [2.05, 4.69) is 88.9 Å². The van der Waals surface area contributed by atoms with Gasteiger partial charge in [-0.05, 0) is 42.2 Å². The Morgan fingerprint density at radius 2 is 2.00 bits per heavy atom. The number of rotatable bonds is 1. The Bertz CT molecular complexity index is 1130. The molecular weight excluding hydrogens is 316 g/mol. The first kappa shape index (κ1) is 14.2. The lowest BCUT2D eigenvalue weighted by molar-refractivity contribution is 0.727. The van der Waals surface area contributed by atoms with Crippen molar-refractivity contribution < 1.29 is 0 Å². The van der Waals surface area contributed by atoms with Crippen molar-refractivity contribution in [2.24, 2.45) is 0 Å². The second-order valence-corrected chi connectivity index (χ2v) is 7.41. The maximum atomic E-state index is 3.81. The van der Waals surface area contributed by atoms with E-state index >= 15 is 0 Å². The molecule has 0 bridgehead atoms. The summed E-state index contributed by atoms with van der Waals surface area (Å²) in [5.74, 6) is 0.386. The van der Waals surface area contributed by atoms with Gasteiger partial charge in [-0.3, -0.25) is 0 Å². The van der Waals surface area contributed by atoms with Crippen molar-refractivity contribution in [1.82, 2.24) is 4.57 Å². The van der Waals surface area contributed by atoms with E-state index in [1.54, 1.807) is 0 Å². The molecule has 0 amide bonds. The van der Waals surface area contributed by atoms with Crippen LogP contribution in [0.15, 0.2) is 73.0 Å². The Kier molecular flexibility index (Phi) is 2.87. The van der Waals surface area contributed by atoms with Crippen LogP contribution in [-0.4, -0.2) is 4.57 Å². The van der Waals surface area contributed by atoms with Crippen LogP contribution in [0, 0.1) is 0 Å². The Labute approximate surface area is 153 Å². The van der Waals surface area contributed by atoms with E-state index in [1.165, 1.54) is 39.0 Å². The quantitative estimate of drug-likeness (QED) is 0.567. The van der Waals surface area contributed by atoms with Gasteiger partial charge in [-0.1, -0.05) is 54.6 Å². The van der Waals surface area contributed by atoms with Crippen molar-refractivity contribution in [3.05, 3.63) is 89.7 Å². The molecule has 0 radical (unpaired) electrons. The Hall–Kier alpha value is -3.00. The average molecular weight is 336 g/mol. The van der Waals surface area contributed by atoms with E-state index < -0.39 is 0 Å². The Morgan fingerprint density at radius 3 is 2.92 bits per heavy atom. The number of nitrogens with one attached hydrogen (secondary N) is 1. The lowest BCUT2D eigenvalue weighted by Gasteiger charge is -2.24. The first-order valence-corrected chi connectivity index (χ1v) is 9.44. The van der Waals surface area contributed by atoms with Crippen LogP contribution in [0.2, 0.25) is 0 Å². The summed E-state index contributed by atoms with van der Waals surface area (Å²) in [6, 6.07) is 15.8. The minimum Gasteiger partial charge on any atom is -0.377 e. The summed E-state index contributed by atoms with van der Waals surface area (Å²) < 4.78 is 2.41. The van der Waals surface area contributed by atoms with Gasteiger partial charge < -0.3 is 9.88 Å². The Morgan fingerprint density at radius 1 is 1.04 bits per heavy atom. The topological polar surface area (TPSA) is 17.0 Å². The number of fused-ring (bicyclic) bond motifs is 7. The number of benzene rings is 2. The third-order valence-electron chi connectivity index (χ3n) is 6.01. The second-order valence-electron chi connectivity index (χ2n) is 7.41. The van der Waals surface area contributed by atoms with Crippen LogP contribution < -0.4 is 5.32 Å². The van der Waals surface area contributed by atoms with Crippen LogP contribution in [0.25, 0.3) is 22.7 Å². The highest BCUT2D eigenvalue weighted by Gasteiger charge is 2.36. The van der Waals surface area contributed by atoms with Crippen molar-refractivity contribution >= 4 is 28.4 Å². The van der Waals surface area contributed by atoms with E-state index in [9.17, 15) is 0 Å². The summed E-state index contributed by atoms with van der Waals surface area (Å²) >= 11 is 0. The molecule has 2 heteroatoms. The first-order chi connectivity index (χ1) is 12.9. The van der Waals surface area contributed by atoms with Gasteiger partial charge in [0.05, 0.1) is 11.6 Å². The highest BCUT2D eigenvalue weighted by Crippen LogP contribution is 2.51. The van der Waals surface area contributed by atoms with Crippen LogP contribution >= 0.6 is 0 Å². The van der Waals surface area contributed by atoms with E-state index in [4.69, 9.17) is 0 Å². The van der Waals surface area contributed by atoms with Crippen LogP contribution in [0.4, 0.5) is 5.69 Å². The van der Waals surface area contributed by atoms with Gasteiger partial charge in [0.25, 0.3) is 0 Å². The molecule has 2 atom stereocenters. The molecule has 3 aliphatic rings. The molecule has 2 heterocycles. The number of hydrogen-bond donors (Lipinski definition) is 1. The van der Waals surface area contributed by atoms with Crippen LogP contribution in [0.5, 0.6) is 0 Å². The number of nitrogens with zero attached hydrogens (tertiary/aromatic N) is 1. The predicted molar refractivity (Wildman–Crippen MR) is 109 cm³/mol. The number of allylic oxidation sites excluding steroid dienone is 4. The molecule has 2 aromatic carbocycles. The molecule has 1 aliphatic heterocycles. The maximum absolute atomic E-state index is 3.81. The molecule has 126 valence electrons. The van der Waals surface area contributed by atoms with Crippen LogP contribution in [0.3, 0.4) is 0 Å². The zero-order valence-corrected chi connectivity index (χ0v) is 14.5. The number of hydrogen-bond acceptors (Lipinski definition) is 1. The summed E-state index contributed by atoms with van der Waals surface area (Å²) in [6.45, 7) is 0. The van der Waals surface area contributed by atoms with E-state index in [0.29, 0.717) is 12.0 Å². The molecule has 0 fully saturated rings. The van der Waals surface area contributed by atoms with Gasteiger partial charge in [-0.2, -0.15) is 0 Å². The second kappa shape index (κ2) is 5.25. The molecule has 2 nitrogen and oxygen atoms in total. The minimum absolute atomic E-state index is 0.334. The predicted octanol–water partition coefficient (Wildman–Crippen LogP) is 6.11. The van der Waals surface area contributed by atoms with Gasteiger partial charge in [0, 0.05) is 34.4 Å². The molecular formula is C24H20N2. The van der Waals surface area contributed by atoms with Gasteiger partial charge in [0.1, 0.15) is 0 Å². The largest absolute Gasteiger partial charge is 0.377 e. The molecule has 0 spiro atoms. The molecule has 1 N–H and O–H groups in total. The van der Waals surface area contributed by atoms with Gasteiger partial charge in [-0.25, -0.2) is 0 Å². The van der Waals surface area contributed by atoms with Crippen molar-refractivity contribution in [3.63, 3.8) is 0 Å². The highest BCUT2D eigenvalue weighted by atomic mass is 15.0. The zero-order chi connectivity index (χ0) is 17.1. The van der Waals surface area contributed by atoms with Crippen LogP contribution in [-0.2, 0) is 0 Å². The third-order valence-corrected chi connectivity index (χ3v) is 6.01. The van der Waals surface area contributed by atoms with E-state index in [-0.39, 0.29) is 0 Å². The van der Waals surface area contributed by atoms with Crippen molar-refractivity contribution in [2.45, 2.75) is 24.8 Å².